The van der Waals surface area contributed by atoms with Crippen molar-refractivity contribution in [1.82, 2.24) is 4.90 Å². The Hall–Kier alpha value is -0.0900. The molecule has 0 bridgehead atoms. The first-order valence-electron chi connectivity index (χ1n) is 5.61. The number of hydrogen-bond acceptors (Lipinski definition) is 2. The number of carbonyl (C=O) groups excluding carboxylic acids is 1. The lowest BCUT2D eigenvalue weighted by Gasteiger charge is -2.35. The lowest BCUT2D eigenvalue weighted by Crippen LogP contribution is -2.45. The van der Waals surface area contributed by atoms with Crippen molar-refractivity contribution in [3.63, 3.8) is 0 Å². The monoisotopic (exact) mass is 277 g/mol. The molecule has 0 saturated carbocycles. The number of carbonyl (C=O) groups is 1. The van der Waals surface area contributed by atoms with Crippen LogP contribution in [0.5, 0.6) is 0 Å². The number of nitrogens with zero attached hydrogens (tertiary/aromatic N) is 1. The highest BCUT2D eigenvalue weighted by Crippen LogP contribution is 2.21. The summed E-state index contributed by atoms with van der Waals surface area (Å²) in [5.74, 6) is 0.242. The van der Waals surface area contributed by atoms with Gasteiger partial charge in [-0.25, -0.2) is 0 Å². The molecule has 1 amide bonds. The standard InChI is InChI=1S/C11H20BrNO2/c1-11(15)5-8-13(9-6-11)10(14)4-2-3-7-12/h15H,2-9H2,1H3. The maximum absolute atomic E-state index is 11.7. The molecule has 1 N–H and O–H groups in total. The van der Waals surface area contributed by atoms with Crippen molar-refractivity contribution >= 4 is 21.8 Å². The van der Waals surface area contributed by atoms with E-state index in [0.29, 0.717) is 32.4 Å². The number of likely N-dealkylation sites (tertiary alicyclic amines) is 1. The summed E-state index contributed by atoms with van der Waals surface area (Å²) in [6.45, 7) is 3.26. The van der Waals surface area contributed by atoms with Crippen LogP contribution in [0.3, 0.4) is 0 Å². The van der Waals surface area contributed by atoms with E-state index in [-0.39, 0.29) is 5.91 Å². The molecule has 1 heterocycles. The molecule has 0 aromatic rings. The van der Waals surface area contributed by atoms with Crippen molar-refractivity contribution in [2.75, 3.05) is 18.4 Å². The summed E-state index contributed by atoms with van der Waals surface area (Å²) < 4.78 is 0. The fourth-order valence-corrected chi connectivity index (χ4v) is 2.16. The van der Waals surface area contributed by atoms with Gasteiger partial charge in [0.1, 0.15) is 0 Å². The zero-order valence-corrected chi connectivity index (χ0v) is 10.9. The van der Waals surface area contributed by atoms with Gasteiger partial charge in [-0.05, 0) is 32.6 Å². The molecule has 0 spiro atoms. The molecule has 0 atom stereocenters. The fourth-order valence-electron chi connectivity index (χ4n) is 1.77. The topological polar surface area (TPSA) is 40.5 Å². The summed E-state index contributed by atoms with van der Waals surface area (Å²) in [7, 11) is 0. The lowest BCUT2D eigenvalue weighted by molar-refractivity contribution is -0.135. The molecule has 0 aromatic heterocycles. The SMILES string of the molecule is CC1(O)CCN(C(=O)CCCCBr)CC1. The van der Waals surface area contributed by atoms with Crippen LogP contribution in [0.25, 0.3) is 0 Å². The highest BCUT2D eigenvalue weighted by atomic mass is 79.9. The van der Waals surface area contributed by atoms with E-state index in [2.05, 4.69) is 15.9 Å². The Labute approximate surface area is 100.0 Å². The predicted octanol–water partition coefficient (Wildman–Crippen LogP) is 1.92. The van der Waals surface area contributed by atoms with E-state index in [1.807, 2.05) is 11.8 Å². The number of unbranched alkanes of at least 4 members (excludes halogenated alkanes) is 1. The number of hydrogen-bond donors (Lipinski definition) is 1. The van der Waals surface area contributed by atoms with Gasteiger partial charge in [0.25, 0.3) is 0 Å². The third-order valence-electron chi connectivity index (χ3n) is 2.97. The summed E-state index contributed by atoms with van der Waals surface area (Å²) in [5, 5.41) is 10.7. The van der Waals surface area contributed by atoms with Crippen molar-refractivity contribution < 1.29 is 9.90 Å². The van der Waals surface area contributed by atoms with Crippen LogP contribution in [-0.4, -0.2) is 39.9 Å². The van der Waals surface area contributed by atoms with E-state index >= 15 is 0 Å². The Kier molecular flexibility index (Phi) is 5.06. The number of aliphatic hydroxyl groups is 1. The van der Waals surface area contributed by atoms with Gasteiger partial charge in [0.05, 0.1) is 5.60 Å². The minimum Gasteiger partial charge on any atom is -0.390 e. The molecular formula is C11H20BrNO2. The fraction of sp³-hybridized carbons (Fsp3) is 0.909. The minimum atomic E-state index is -0.563. The molecule has 1 fully saturated rings. The number of rotatable bonds is 4. The van der Waals surface area contributed by atoms with Crippen LogP contribution in [0.4, 0.5) is 0 Å². The third-order valence-corrected chi connectivity index (χ3v) is 3.53. The summed E-state index contributed by atoms with van der Waals surface area (Å²) in [6.07, 6.45) is 4.07. The van der Waals surface area contributed by atoms with Crippen molar-refractivity contribution in [2.24, 2.45) is 0 Å². The van der Waals surface area contributed by atoms with E-state index in [1.54, 1.807) is 0 Å². The van der Waals surface area contributed by atoms with E-state index in [1.165, 1.54) is 0 Å². The average molecular weight is 278 g/mol. The van der Waals surface area contributed by atoms with Crippen molar-refractivity contribution in [2.45, 2.75) is 44.6 Å². The molecule has 1 saturated heterocycles. The molecule has 4 heteroatoms. The van der Waals surface area contributed by atoms with Crippen LogP contribution < -0.4 is 0 Å². The quantitative estimate of drug-likeness (QED) is 0.630. The Morgan fingerprint density at radius 2 is 2.00 bits per heavy atom. The molecule has 1 aliphatic heterocycles. The Morgan fingerprint density at radius 3 is 2.53 bits per heavy atom. The van der Waals surface area contributed by atoms with Gasteiger partial charge < -0.3 is 10.0 Å². The molecule has 0 unspecified atom stereocenters. The van der Waals surface area contributed by atoms with E-state index in [4.69, 9.17) is 0 Å². The maximum atomic E-state index is 11.7. The highest BCUT2D eigenvalue weighted by molar-refractivity contribution is 9.09. The molecule has 1 aliphatic rings. The van der Waals surface area contributed by atoms with Gasteiger partial charge in [-0.3, -0.25) is 4.79 Å². The van der Waals surface area contributed by atoms with Crippen LogP contribution in [0.1, 0.15) is 39.0 Å². The van der Waals surface area contributed by atoms with Gasteiger partial charge in [0.15, 0.2) is 0 Å². The average Bonchev–Trinajstić information content (AvgIpc) is 2.18. The summed E-state index contributed by atoms with van der Waals surface area (Å²) in [5.41, 5.74) is -0.563. The van der Waals surface area contributed by atoms with Crippen LogP contribution in [0.15, 0.2) is 0 Å². The van der Waals surface area contributed by atoms with Crippen molar-refractivity contribution in [3.05, 3.63) is 0 Å². The Morgan fingerprint density at radius 1 is 1.40 bits per heavy atom. The minimum absolute atomic E-state index is 0.242. The number of alkyl halides is 1. The van der Waals surface area contributed by atoms with Gasteiger partial charge in [0, 0.05) is 24.8 Å². The zero-order chi connectivity index (χ0) is 11.3. The molecule has 0 aromatic carbocycles. The molecular weight excluding hydrogens is 258 g/mol. The maximum Gasteiger partial charge on any atom is 0.222 e. The smallest absolute Gasteiger partial charge is 0.222 e. The second kappa shape index (κ2) is 5.85. The molecule has 15 heavy (non-hydrogen) atoms. The van der Waals surface area contributed by atoms with Crippen LogP contribution in [-0.2, 0) is 4.79 Å². The first-order chi connectivity index (χ1) is 7.05. The second-order valence-corrected chi connectivity index (χ2v) is 5.32. The predicted molar refractivity (Wildman–Crippen MR) is 64.1 cm³/mol. The summed E-state index contributed by atoms with van der Waals surface area (Å²) >= 11 is 3.35. The largest absolute Gasteiger partial charge is 0.390 e. The highest BCUT2D eigenvalue weighted by Gasteiger charge is 2.28. The lowest BCUT2D eigenvalue weighted by atomic mass is 9.93. The van der Waals surface area contributed by atoms with E-state index in [9.17, 15) is 9.90 Å². The molecule has 88 valence electrons. The van der Waals surface area contributed by atoms with Crippen molar-refractivity contribution in [3.8, 4) is 0 Å². The summed E-state index contributed by atoms with van der Waals surface area (Å²) in [6, 6.07) is 0. The Balaban J connectivity index is 2.24. The van der Waals surface area contributed by atoms with Gasteiger partial charge in [-0.15, -0.1) is 0 Å². The first-order valence-corrected chi connectivity index (χ1v) is 6.73. The zero-order valence-electron chi connectivity index (χ0n) is 9.34. The number of piperidine rings is 1. The molecule has 0 aliphatic carbocycles. The molecule has 0 radical (unpaired) electrons. The first kappa shape index (κ1) is 13.0. The summed E-state index contributed by atoms with van der Waals surface area (Å²) in [4.78, 5) is 13.6. The van der Waals surface area contributed by atoms with Crippen LogP contribution in [0.2, 0.25) is 0 Å². The normalized spacial score (nSPS) is 20.3. The van der Waals surface area contributed by atoms with E-state index < -0.39 is 5.60 Å². The number of amides is 1. The third kappa shape index (κ3) is 4.51. The molecule has 1 rings (SSSR count). The van der Waals surface area contributed by atoms with Crippen LogP contribution in [0, 0.1) is 0 Å². The van der Waals surface area contributed by atoms with Crippen molar-refractivity contribution in [1.29, 1.82) is 0 Å². The number of halogens is 1. The van der Waals surface area contributed by atoms with Gasteiger partial charge in [-0.1, -0.05) is 15.9 Å². The second-order valence-electron chi connectivity index (χ2n) is 4.52. The van der Waals surface area contributed by atoms with Gasteiger partial charge >= 0.3 is 0 Å². The Bertz CT molecular complexity index is 209. The van der Waals surface area contributed by atoms with Gasteiger partial charge in [-0.2, -0.15) is 0 Å². The van der Waals surface area contributed by atoms with Gasteiger partial charge in [0.2, 0.25) is 5.91 Å². The molecule has 3 nitrogen and oxygen atoms in total. The van der Waals surface area contributed by atoms with Crippen LogP contribution >= 0.6 is 15.9 Å². The van der Waals surface area contributed by atoms with E-state index in [0.717, 1.165) is 18.2 Å².